The van der Waals surface area contributed by atoms with Crippen LogP contribution in [-0.4, -0.2) is 33.3 Å². The van der Waals surface area contributed by atoms with E-state index in [1.807, 2.05) is 0 Å². The lowest BCUT2D eigenvalue weighted by atomic mass is 9.79. The number of nitrogens with zero attached hydrogens (tertiary/aromatic N) is 2. The van der Waals surface area contributed by atoms with Gasteiger partial charge in [0.15, 0.2) is 0 Å². The Labute approximate surface area is 120 Å². The van der Waals surface area contributed by atoms with Gasteiger partial charge in [-0.25, -0.2) is 13.6 Å². The molecule has 1 aromatic rings. The lowest BCUT2D eigenvalue weighted by Gasteiger charge is -2.41. The first-order chi connectivity index (χ1) is 9.64. The van der Waals surface area contributed by atoms with Crippen LogP contribution in [0.3, 0.4) is 0 Å². The number of alkyl halides is 5. The molecular formula is C10H11F5N4OS. The van der Waals surface area contributed by atoms with Gasteiger partial charge < -0.3 is 5.32 Å². The van der Waals surface area contributed by atoms with E-state index < -0.39 is 49.4 Å². The van der Waals surface area contributed by atoms with E-state index in [1.165, 1.54) is 6.20 Å². The van der Waals surface area contributed by atoms with Crippen LogP contribution in [0.15, 0.2) is 6.20 Å². The number of carbonyl (C=O) groups excluding carboxylic acids is 1. The standard InChI is InChI=1S/C10H11F5N4OS/c11-9(12)3-1-8(2-4-9,10(13,14)15)18-7(20)17-6-5-16-19-21-6/h5H,1-4H2,(H2,17,18,20). The first kappa shape index (κ1) is 15.9. The van der Waals surface area contributed by atoms with Crippen molar-refractivity contribution in [2.24, 2.45) is 0 Å². The number of hydrogen-bond donors (Lipinski definition) is 2. The minimum absolute atomic E-state index is 0.158. The van der Waals surface area contributed by atoms with E-state index in [2.05, 4.69) is 14.9 Å². The Morgan fingerprint density at radius 1 is 1.24 bits per heavy atom. The van der Waals surface area contributed by atoms with Crippen LogP contribution in [0.1, 0.15) is 25.7 Å². The number of anilines is 1. The number of rotatable bonds is 2. The predicted octanol–water partition coefficient (Wildman–Crippen LogP) is 3.17. The van der Waals surface area contributed by atoms with Crippen LogP contribution in [0.25, 0.3) is 0 Å². The summed E-state index contributed by atoms with van der Waals surface area (Å²) in [5.74, 6) is -3.13. The molecule has 0 spiro atoms. The molecule has 21 heavy (non-hydrogen) atoms. The van der Waals surface area contributed by atoms with E-state index in [0.29, 0.717) is 0 Å². The second-order valence-electron chi connectivity index (χ2n) is 4.80. The maximum Gasteiger partial charge on any atom is 0.411 e. The van der Waals surface area contributed by atoms with Crippen molar-refractivity contribution in [3.8, 4) is 0 Å². The highest BCUT2D eigenvalue weighted by Gasteiger charge is 2.59. The summed E-state index contributed by atoms with van der Waals surface area (Å²) >= 11 is 0.785. The number of nitrogens with one attached hydrogen (secondary N) is 2. The summed E-state index contributed by atoms with van der Waals surface area (Å²) in [6, 6.07) is -1.12. The van der Waals surface area contributed by atoms with Gasteiger partial charge in [-0.15, -0.1) is 5.10 Å². The summed E-state index contributed by atoms with van der Waals surface area (Å²) in [5.41, 5.74) is -2.64. The molecule has 0 atom stereocenters. The van der Waals surface area contributed by atoms with Gasteiger partial charge in [-0.05, 0) is 12.8 Å². The summed E-state index contributed by atoms with van der Waals surface area (Å²) in [4.78, 5) is 11.6. The predicted molar refractivity (Wildman–Crippen MR) is 64.3 cm³/mol. The molecule has 0 saturated heterocycles. The zero-order chi connectivity index (χ0) is 15.7. The fourth-order valence-electron chi connectivity index (χ4n) is 2.10. The third kappa shape index (κ3) is 3.57. The molecule has 0 aromatic carbocycles. The first-order valence-corrected chi connectivity index (χ1v) is 6.72. The van der Waals surface area contributed by atoms with Gasteiger partial charge in [-0.3, -0.25) is 5.32 Å². The largest absolute Gasteiger partial charge is 0.411 e. The van der Waals surface area contributed by atoms with Crippen LogP contribution in [0.5, 0.6) is 0 Å². The van der Waals surface area contributed by atoms with E-state index in [1.54, 1.807) is 5.32 Å². The molecule has 0 radical (unpaired) electrons. The van der Waals surface area contributed by atoms with Gasteiger partial charge in [0.25, 0.3) is 0 Å². The second-order valence-corrected chi connectivity index (χ2v) is 5.58. The van der Waals surface area contributed by atoms with Gasteiger partial charge in [0, 0.05) is 24.4 Å². The van der Waals surface area contributed by atoms with Crippen molar-refractivity contribution in [2.75, 3.05) is 5.32 Å². The van der Waals surface area contributed by atoms with Crippen LogP contribution >= 0.6 is 11.5 Å². The molecule has 5 nitrogen and oxygen atoms in total. The van der Waals surface area contributed by atoms with Gasteiger partial charge in [0.05, 0.1) is 6.20 Å². The van der Waals surface area contributed by atoms with E-state index in [-0.39, 0.29) is 5.00 Å². The molecule has 0 unspecified atom stereocenters. The summed E-state index contributed by atoms with van der Waals surface area (Å²) < 4.78 is 69.1. The molecular weight excluding hydrogens is 319 g/mol. The molecule has 0 bridgehead atoms. The van der Waals surface area contributed by atoms with E-state index >= 15 is 0 Å². The van der Waals surface area contributed by atoms with Crippen LogP contribution in [-0.2, 0) is 0 Å². The SMILES string of the molecule is O=C(Nc1cnns1)NC1(C(F)(F)F)CCC(F)(F)CC1. The number of hydrogen-bond acceptors (Lipinski definition) is 4. The van der Waals surface area contributed by atoms with Gasteiger partial charge in [0.1, 0.15) is 10.5 Å². The maximum atomic E-state index is 13.2. The summed E-state index contributed by atoms with van der Waals surface area (Å²) in [7, 11) is 0. The van der Waals surface area contributed by atoms with Crippen molar-refractivity contribution in [3.05, 3.63) is 6.20 Å². The van der Waals surface area contributed by atoms with Crippen LogP contribution in [0.4, 0.5) is 31.7 Å². The van der Waals surface area contributed by atoms with Crippen molar-refractivity contribution in [3.63, 3.8) is 0 Å². The average Bonchev–Trinajstić information content (AvgIpc) is 2.83. The Morgan fingerprint density at radius 3 is 2.33 bits per heavy atom. The van der Waals surface area contributed by atoms with Crippen molar-refractivity contribution in [1.82, 2.24) is 14.9 Å². The summed E-state index contributed by atoms with van der Waals surface area (Å²) in [5, 5.41) is 7.50. The number of amides is 2. The highest BCUT2D eigenvalue weighted by atomic mass is 32.1. The lowest BCUT2D eigenvalue weighted by Crippen LogP contribution is -2.62. The normalized spacial score (nSPS) is 20.8. The maximum absolute atomic E-state index is 13.2. The highest BCUT2D eigenvalue weighted by Crippen LogP contribution is 2.46. The van der Waals surface area contributed by atoms with Crippen molar-refractivity contribution < 1.29 is 26.7 Å². The molecule has 1 fully saturated rings. The lowest BCUT2D eigenvalue weighted by molar-refractivity contribution is -0.215. The van der Waals surface area contributed by atoms with Gasteiger partial charge in [-0.1, -0.05) is 4.49 Å². The molecule has 11 heteroatoms. The smallest absolute Gasteiger partial charge is 0.323 e. The topological polar surface area (TPSA) is 66.9 Å². The molecule has 0 aliphatic heterocycles. The molecule has 1 aliphatic rings. The second kappa shape index (κ2) is 5.35. The monoisotopic (exact) mass is 330 g/mol. The van der Waals surface area contributed by atoms with Gasteiger partial charge >= 0.3 is 12.2 Å². The molecule has 2 N–H and O–H groups in total. The number of urea groups is 1. The number of halogens is 5. The Kier molecular flexibility index (Phi) is 4.04. The van der Waals surface area contributed by atoms with E-state index in [0.717, 1.165) is 11.5 Å². The minimum Gasteiger partial charge on any atom is -0.323 e. The van der Waals surface area contributed by atoms with Crippen molar-refractivity contribution in [2.45, 2.75) is 43.3 Å². The molecule has 2 amide bonds. The Bertz CT molecular complexity index is 494. The number of aromatic nitrogens is 2. The Balaban J connectivity index is 2.09. The quantitative estimate of drug-likeness (QED) is 0.819. The Hall–Kier alpha value is -1.52. The minimum atomic E-state index is -4.81. The first-order valence-electron chi connectivity index (χ1n) is 5.95. The van der Waals surface area contributed by atoms with Crippen LogP contribution < -0.4 is 10.6 Å². The summed E-state index contributed by atoms with van der Waals surface area (Å²) in [6.07, 6.45) is -7.22. The molecule has 118 valence electrons. The third-order valence-corrected chi connectivity index (χ3v) is 3.91. The fourth-order valence-corrected chi connectivity index (χ4v) is 2.52. The molecule has 1 aliphatic carbocycles. The van der Waals surface area contributed by atoms with E-state index in [9.17, 15) is 26.7 Å². The van der Waals surface area contributed by atoms with Gasteiger partial charge in [-0.2, -0.15) is 13.2 Å². The molecule has 1 heterocycles. The summed E-state index contributed by atoms with van der Waals surface area (Å²) in [6.45, 7) is 0. The van der Waals surface area contributed by atoms with E-state index in [4.69, 9.17) is 0 Å². The van der Waals surface area contributed by atoms with Crippen LogP contribution in [0.2, 0.25) is 0 Å². The zero-order valence-electron chi connectivity index (χ0n) is 10.5. The number of carbonyl (C=O) groups is 1. The van der Waals surface area contributed by atoms with Crippen LogP contribution in [0, 0.1) is 0 Å². The van der Waals surface area contributed by atoms with Crippen molar-refractivity contribution in [1.29, 1.82) is 0 Å². The molecule has 2 rings (SSSR count). The Morgan fingerprint density at radius 2 is 1.86 bits per heavy atom. The fraction of sp³-hybridized carbons (Fsp3) is 0.700. The zero-order valence-corrected chi connectivity index (χ0v) is 11.3. The van der Waals surface area contributed by atoms with Gasteiger partial charge in [0.2, 0.25) is 5.92 Å². The molecule has 1 aromatic heterocycles. The molecule has 1 saturated carbocycles. The average molecular weight is 330 g/mol. The van der Waals surface area contributed by atoms with Crippen molar-refractivity contribution >= 4 is 22.6 Å². The highest BCUT2D eigenvalue weighted by molar-refractivity contribution is 7.10. The third-order valence-electron chi connectivity index (χ3n) is 3.33.